The first kappa shape index (κ1) is 19.1. The Bertz CT molecular complexity index is 806. The quantitative estimate of drug-likeness (QED) is 0.405. The van der Waals surface area contributed by atoms with Crippen LogP contribution >= 0.6 is 11.3 Å². The zero-order valence-electron chi connectivity index (χ0n) is 13.5. The summed E-state index contributed by atoms with van der Waals surface area (Å²) in [6, 6.07) is 8.81. The van der Waals surface area contributed by atoms with Crippen LogP contribution in [0, 0.1) is 10.1 Å². The smallest absolute Gasteiger partial charge is 0.325 e. The molecule has 0 fully saturated rings. The maximum atomic E-state index is 11.9. The van der Waals surface area contributed by atoms with E-state index < -0.39 is 35.9 Å². The third-order valence-corrected chi connectivity index (χ3v) is 3.99. The molecule has 0 spiro atoms. The van der Waals surface area contributed by atoms with E-state index in [9.17, 15) is 24.5 Å². The second kappa shape index (κ2) is 9.28. The van der Waals surface area contributed by atoms with Gasteiger partial charge in [-0.15, -0.1) is 11.3 Å². The number of benzene rings is 1. The first-order chi connectivity index (χ1) is 12.5. The van der Waals surface area contributed by atoms with Gasteiger partial charge in [0.25, 0.3) is 17.5 Å². The van der Waals surface area contributed by atoms with Crippen molar-refractivity contribution >= 4 is 34.8 Å². The molecule has 2 rings (SSSR count). The Morgan fingerprint density at radius 1 is 1.15 bits per heavy atom. The lowest BCUT2D eigenvalue weighted by Crippen LogP contribution is -2.33. The molecule has 0 unspecified atom stereocenters. The SMILES string of the molecule is O=C(COC(=O)CNC(=O)c1cccc([N+](=O)[O-])c1)NCc1cccs1. The molecule has 26 heavy (non-hydrogen) atoms. The molecule has 9 nitrogen and oxygen atoms in total. The Kier molecular flexibility index (Phi) is 6.80. The molecule has 0 aliphatic heterocycles. The van der Waals surface area contributed by atoms with E-state index in [2.05, 4.69) is 10.6 Å². The van der Waals surface area contributed by atoms with Crippen molar-refractivity contribution in [2.75, 3.05) is 13.2 Å². The summed E-state index contributed by atoms with van der Waals surface area (Å²) in [5.74, 6) is -1.92. The molecule has 0 bridgehead atoms. The van der Waals surface area contributed by atoms with Gasteiger partial charge in [0.1, 0.15) is 6.54 Å². The Morgan fingerprint density at radius 2 is 1.96 bits per heavy atom. The van der Waals surface area contributed by atoms with Gasteiger partial charge in [0, 0.05) is 22.6 Å². The van der Waals surface area contributed by atoms with Crippen LogP contribution in [0.4, 0.5) is 5.69 Å². The molecule has 0 radical (unpaired) electrons. The summed E-state index contributed by atoms with van der Waals surface area (Å²) >= 11 is 1.49. The van der Waals surface area contributed by atoms with Crippen molar-refractivity contribution in [3.05, 3.63) is 62.3 Å². The van der Waals surface area contributed by atoms with Gasteiger partial charge in [-0.05, 0) is 17.5 Å². The summed E-state index contributed by atoms with van der Waals surface area (Å²) in [5.41, 5.74) is -0.191. The number of nitro benzene ring substituents is 1. The third kappa shape index (κ3) is 5.98. The van der Waals surface area contributed by atoms with Crippen molar-refractivity contribution in [2.45, 2.75) is 6.54 Å². The van der Waals surface area contributed by atoms with E-state index in [0.717, 1.165) is 10.9 Å². The largest absolute Gasteiger partial charge is 0.454 e. The van der Waals surface area contributed by atoms with Crippen LogP contribution in [0.5, 0.6) is 0 Å². The number of esters is 1. The highest BCUT2D eigenvalue weighted by Gasteiger charge is 2.13. The maximum absolute atomic E-state index is 11.9. The molecule has 0 saturated heterocycles. The number of carbonyl (C=O) groups excluding carboxylic acids is 3. The van der Waals surface area contributed by atoms with E-state index in [0.29, 0.717) is 6.54 Å². The number of carbonyl (C=O) groups is 3. The van der Waals surface area contributed by atoms with Gasteiger partial charge in [0.05, 0.1) is 11.5 Å². The highest BCUT2D eigenvalue weighted by molar-refractivity contribution is 7.09. The van der Waals surface area contributed by atoms with Crippen molar-refractivity contribution in [3.63, 3.8) is 0 Å². The summed E-state index contributed by atoms with van der Waals surface area (Å²) < 4.78 is 4.75. The summed E-state index contributed by atoms with van der Waals surface area (Å²) in [4.78, 5) is 46.0. The molecule has 2 N–H and O–H groups in total. The summed E-state index contributed by atoms with van der Waals surface area (Å²) in [6.07, 6.45) is 0. The molecule has 10 heteroatoms. The van der Waals surface area contributed by atoms with Crippen molar-refractivity contribution in [3.8, 4) is 0 Å². The van der Waals surface area contributed by atoms with Crippen LogP contribution in [0.1, 0.15) is 15.2 Å². The van der Waals surface area contributed by atoms with Crippen LogP contribution in [-0.4, -0.2) is 35.9 Å². The minimum Gasteiger partial charge on any atom is -0.454 e. The van der Waals surface area contributed by atoms with Crippen LogP contribution in [0.2, 0.25) is 0 Å². The number of hydrogen-bond acceptors (Lipinski definition) is 7. The van der Waals surface area contributed by atoms with E-state index in [1.807, 2.05) is 17.5 Å². The molecule has 0 saturated carbocycles. The topological polar surface area (TPSA) is 128 Å². The Labute approximate surface area is 152 Å². The fourth-order valence-corrected chi connectivity index (χ4v) is 2.51. The van der Waals surface area contributed by atoms with Gasteiger partial charge in [-0.1, -0.05) is 12.1 Å². The Morgan fingerprint density at radius 3 is 2.65 bits per heavy atom. The van der Waals surface area contributed by atoms with Gasteiger partial charge < -0.3 is 15.4 Å². The van der Waals surface area contributed by atoms with Gasteiger partial charge in [0.15, 0.2) is 6.61 Å². The van der Waals surface area contributed by atoms with E-state index >= 15 is 0 Å². The number of ether oxygens (including phenoxy) is 1. The number of amides is 2. The first-order valence-electron chi connectivity index (χ1n) is 7.43. The summed E-state index contributed by atoms with van der Waals surface area (Å²) in [5, 5.41) is 17.4. The van der Waals surface area contributed by atoms with Crippen LogP contribution in [0.3, 0.4) is 0 Å². The Balaban J connectivity index is 1.71. The fraction of sp³-hybridized carbons (Fsp3) is 0.188. The molecule has 136 valence electrons. The Hall–Kier alpha value is -3.27. The first-order valence-corrected chi connectivity index (χ1v) is 8.31. The predicted octanol–water partition coefficient (Wildman–Crippen LogP) is 1.25. The molecule has 2 aromatic rings. The van der Waals surface area contributed by atoms with Crippen LogP contribution in [-0.2, 0) is 20.9 Å². The van der Waals surface area contributed by atoms with Crippen LogP contribution < -0.4 is 10.6 Å². The third-order valence-electron chi connectivity index (χ3n) is 3.12. The van der Waals surface area contributed by atoms with E-state index in [4.69, 9.17) is 4.74 Å². The number of nitrogens with one attached hydrogen (secondary N) is 2. The second-order valence-corrected chi connectivity index (χ2v) is 6.04. The predicted molar refractivity (Wildman–Crippen MR) is 92.6 cm³/mol. The number of nitrogens with zero attached hydrogens (tertiary/aromatic N) is 1. The summed E-state index contributed by atoms with van der Waals surface area (Å²) in [6.45, 7) is -0.575. The lowest BCUT2D eigenvalue weighted by molar-refractivity contribution is -0.384. The fourth-order valence-electron chi connectivity index (χ4n) is 1.86. The van der Waals surface area contributed by atoms with E-state index in [1.54, 1.807) is 0 Å². The van der Waals surface area contributed by atoms with Gasteiger partial charge in [0.2, 0.25) is 0 Å². The molecule has 1 aromatic carbocycles. The molecule has 2 amide bonds. The van der Waals surface area contributed by atoms with Gasteiger partial charge in [-0.2, -0.15) is 0 Å². The molecule has 1 aromatic heterocycles. The second-order valence-electron chi connectivity index (χ2n) is 5.01. The molecule has 0 aliphatic carbocycles. The van der Waals surface area contributed by atoms with Crippen molar-refractivity contribution in [1.82, 2.24) is 10.6 Å². The van der Waals surface area contributed by atoms with Crippen LogP contribution in [0.25, 0.3) is 0 Å². The average Bonchev–Trinajstić information content (AvgIpc) is 3.16. The minimum absolute atomic E-state index is 0.0423. The maximum Gasteiger partial charge on any atom is 0.325 e. The number of non-ortho nitro benzene ring substituents is 1. The van der Waals surface area contributed by atoms with E-state index in [1.165, 1.54) is 29.5 Å². The van der Waals surface area contributed by atoms with Crippen molar-refractivity contribution in [2.24, 2.45) is 0 Å². The number of rotatable bonds is 8. The average molecular weight is 377 g/mol. The van der Waals surface area contributed by atoms with E-state index in [-0.39, 0.29) is 11.3 Å². The minimum atomic E-state index is -0.796. The zero-order chi connectivity index (χ0) is 18.9. The normalized spacial score (nSPS) is 10.0. The zero-order valence-corrected chi connectivity index (χ0v) is 14.3. The van der Waals surface area contributed by atoms with Crippen molar-refractivity contribution < 1.29 is 24.0 Å². The highest BCUT2D eigenvalue weighted by atomic mass is 32.1. The lowest BCUT2D eigenvalue weighted by Gasteiger charge is -2.07. The molecular weight excluding hydrogens is 362 g/mol. The number of nitro groups is 1. The van der Waals surface area contributed by atoms with Gasteiger partial charge >= 0.3 is 5.97 Å². The number of thiophene rings is 1. The summed E-state index contributed by atoms with van der Waals surface area (Å²) in [7, 11) is 0. The molecule has 0 aliphatic rings. The van der Waals surface area contributed by atoms with Crippen molar-refractivity contribution in [1.29, 1.82) is 0 Å². The molecule has 0 atom stereocenters. The highest BCUT2D eigenvalue weighted by Crippen LogP contribution is 2.12. The van der Waals surface area contributed by atoms with Gasteiger partial charge in [-0.25, -0.2) is 0 Å². The van der Waals surface area contributed by atoms with Gasteiger partial charge in [-0.3, -0.25) is 24.5 Å². The monoisotopic (exact) mass is 377 g/mol. The van der Waals surface area contributed by atoms with Crippen LogP contribution in [0.15, 0.2) is 41.8 Å². The lowest BCUT2D eigenvalue weighted by atomic mass is 10.2. The number of hydrogen-bond donors (Lipinski definition) is 2. The standard InChI is InChI=1S/C16H15N3O6S/c20-14(17-8-13-5-2-6-26-13)10-25-15(21)9-18-16(22)11-3-1-4-12(7-11)19(23)24/h1-7H,8-10H2,(H,17,20)(H,18,22). The molecular formula is C16H15N3O6S. The molecule has 1 heterocycles.